The Bertz CT molecular complexity index is 379. The molecule has 0 aliphatic carbocycles. The molecule has 0 spiro atoms. The van der Waals surface area contributed by atoms with Crippen molar-refractivity contribution in [3.05, 3.63) is 35.4 Å². The van der Waals surface area contributed by atoms with Crippen molar-refractivity contribution in [2.75, 3.05) is 13.2 Å². The van der Waals surface area contributed by atoms with Gasteiger partial charge in [-0.2, -0.15) is 0 Å². The Labute approximate surface area is 124 Å². The van der Waals surface area contributed by atoms with Gasteiger partial charge < -0.3 is 10.1 Å². The van der Waals surface area contributed by atoms with Crippen molar-refractivity contribution in [3.8, 4) is 0 Å². The number of nitrogens with one attached hydrogen (secondary N) is 1. The minimum absolute atomic E-state index is 0.183. The first-order valence-corrected chi connectivity index (χ1v) is 7.78. The van der Waals surface area contributed by atoms with E-state index in [0.717, 1.165) is 32.6 Å². The van der Waals surface area contributed by atoms with E-state index in [2.05, 4.69) is 64.2 Å². The van der Waals surface area contributed by atoms with Gasteiger partial charge in [-0.05, 0) is 57.2 Å². The predicted octanol–water partition coefficient (Wildman–Crippen LogP) is 4.18. The number of hydrogen-bond acceptors (Lipinski definition) is 2. The van der Waals surface area contributed by atoms with Gasteiger partial charge in [0.05, 0.1) is 6.61 Å². The molecule has 0 fully saturated rings. The van der Waals surface area contributed by atoms with E-state index >= 15 is 0 Å². The largest absolute Gasteiger partial charge is 0.377 e. The Morgan fingerprint density at radius 2 is 1.75 bits per heavy atom. The Morgan fingerprint density at radius 3 is 2.35 bits per heavy atom. The summed E-state index contributed by atoms with van der Waals surface area (Å²) in [6.45, 7) is 13.7. The molecule has 0 aliphatic heterocycles. The second-order valence-electron chi connectivity index (χ2n) is 6.93. The van der Waals surface area contributed by atoms with Crippen LogP contribution in [-0.2, 0) is 17.8 Å². The van der Waals surface area contributed by atoms with E-state index in [1.165, 1.54) is 11.1 Å². The summed E-state index contributed by atoms with van der Waals surface area (Å²) in [6, 6.07) is 8.61. The van der Waals surface area contributed by atoms with Crippen molar-refractivity contribution in [2.24, 2.45) is 5.92 Å². The lowest BCUT2D eigenvalue weighted by Crippen LogP contribution is -2.37. The minimum Gasteiger partial charge on any atom is -0.377 e. The van der Waals surface area contributed by atoms with Gasteiger partial charge in [-0.15, -0.1) is 0 Å². The summed E-state index contributed by atoms with van der Waals surface area (Å²) in [5, 5.41) is 3.54. The van der Waals surface area contributed by atoms with Crippen LogP contribution in [-0.4, -0.2) is 18.7 Å². The molecule has 114 valence electrons. The van der Waals surface area contributed by atoms with Crippen LogP contribution >= 0.6 is 0 Å². The average Bonchev–Trinajstić information content (AvgIpc) is 2.34. The molecule has 0 saturated carbocycles. The molecule has 1 aromatic carbocycles. The Balaban J connectivity index is 2.42. The van der Waals surface area contributed by atoms with Gasteiger partial charge >= 0.3 is 0 Å². The summed E-state index contributed by atoms with van der Waals surface area (Å²) in [4.78, 5) is 0. The van der Waals surface area contributed by atoms with Gasteiger partial charge in [0.2, 0.25) is 0 Å². The SMILES string of the molecule is CC(C)CCOCc1ccccc1CCNC(C)(C)C. The lowest BCUT2D eigenvalue weighted by molar-refractivity contribution is 0.110. The van der Waals surface area contributed by atoms with E-state index in [4.69, 9.17) is 4.74 Å². The summed E-state index contributed by atoms with van der Waals surface area (Å²) in [5.41, 5.74) is 2.91. The average molecular weight is 277 g/mol. The standard InChI is InChI=1S/C18H31NO/c1-15(2)11-13-20-14-17-9-7-6-8-16(17)10-12-19-18(3,4)5/h6-9,15,19H,10-14H2,1-5H3. The van der Waals surface area contributed by atoms with Crippen LogP contribution in [0.3, 0.4) is 0 Å². The lowest BCUT2D eigenvalue weighted by atomic mass is 10.0. The van der Waals surface area contributed by atoms with Crippen LogP contribution < -0.4 is 5.32 Å². The highest BCUT2D eigenvalue weighted by Gasteiger charge is 2.09. The van der Waals surface area contributed by atoms with Gasteiger partial charge in [-0.25, -0.2) is 0 Å². The van der Waals surface area contributed by atoms with Gasteiger partial charge in [0.1, 0.15) is 0 Å². The van der Waals surface area contributed by atoms with Crippen LogP contribution in [0.4, 0.5) is 0 Å². The van der Waals surface area contributed by atoms with Crippen LogP contribution in [0.2, 0.25) is 0 Å². The molecule has 1 aromatic rings. The monoisotopic (exact) mass is 277 g/mol. The number of rotatable bonds is 8. The van der Waals surface area contributed by atoms with Crippen LogP contribution in [0.15, 0.2) is 24.3 Å². The molecule has 0 aliphatic rings. The zero-order valence-corrected chi connectivity index (χ0v) is 13.8. The van der Waals surface area contributed by atoms with Crippen molar-refractivity contribution >= 4 is 0 Å². The van der Waals surface area contributed by atoms with Gasteiger partial charge in [-0.1, -0.05) is 38.1 Å². The first-order chi connectivity index (χ1) is 9.38. The molecule has 0 amide bonds. The van der Waals surface area contributed by atoms with E-state index in [1.807, 2.05) is 0 Å². The van der Waals surface area contributed by atoms with Crippen molar-refractivity contribution < 1.29 is 4.74 Å². The zero-order chi connectivity index (χ0) is 15.0. The molecule has 0 aromatic heterocycles. The molecule has 20 heavy (non-hydrogen) atoms. The molecule has 1 rings (SSSR count). The molecule has 0 heterocycles. The fourth-order valence-corrected chi connectivity index (χ4v) is 2.02. The van der Waals surface area contributed by atoms with Crippen LogP contribution in [0.25, 0.3) is 0 Å². The maximum atomic E-state index is 5.80. The predicted molar refractivity (Wildman–Crippen MR) is 87.0 cm³/mol. The number of benzene rings is 1. The van der Waals surface area contributed by atoms with Crippen molar-refractivity contribution in [3.63, 3.8) is 0 Å². The Hall–Kier alpha value is -0.860. The maximum Gasteiger partial charge on any atom is 0.0719 e. The van der Waals surface area contributed by atoms with Crippen molar-refractivity contribution in [1.82, 2.24) is 5.32 Å². The number of ether oxygens (including phenoxy) is 1. The van der Waals surface area contributed by atoms with E-state index in [9.17, 15) is 0 Å². The molecule has 0 saturated heterocycles. The zero-order valence-electron chi connectivity index (χ0n) is 13.8. The van der Waals surface area contributed by atoms with Crippen LogP contribution in [0.5, 0.6) is 0 Å². The highest BCUT2D eigenvalue weighted by atomic mass is 16.5. The minimum atomic E-state index is 0.183. The summed E-state index contributed by atoms with van der Waals surface area (Å²) < 4.78 is 5.80. The molecule has 2 nitrogen and oxygen atoms in total. The third kappa shape index (κ3) is 7.66. The highest BCUT2D eigenvalue weighted by Crippen LogP contribution is 2.12. The maximum absolute atomic E-state index is 5.80. The van der Waals surface area contributed by atoms with E-state index in [1.54, 1.807) is 0 Å². The second-order valence-corrected chi connectivity index (χ2v) is 6.93. The Morgan fingerprint density at radius 1 is 1.10 bits per heavy atom. The Kier molecular flexibility index (Phi) is 7.25. The summed E-state index contributed by atoms with van der Waals surface area (Å²) in [5.74, 6) is 0.709. The second kappa shape index (κ2) is 8.43. The van der Waals surface area contributed by atoms with Gasteiger partial charge in [-0.3, -0.25) is 0 Å². The molecule has 0 radical (unpaired) electrons. The molecule has 2 heteroatoms. The van der Waals surface area contributed by atoms with Crippen molar-refractivity contribution in [2.45, 2.75) is 59.6 Å². The molecule has 0 unspecified atom stereocenters. The third-order valence-electron chi connectivity index (χ3n) is 3.27. The lowest BCUT2D eigenvalue weighted by Gasteiger charge is -2.21. The molecule has 0 atom stereocenters. The van der Waals surface area contributed by atoms with Gasteiger partial charge in [0.15, 0.2) is 0 Å². The van der Waals surface area contributed by atoms with Gasteiger partial charge in [0.25, 0.3) is 0 Å². The van der Waals surface area contributed by atoms with E-state index in [-0.39, 0.29) is 5.54 Å². The normalized spacial score (nSPS) is 12.1. The molecule has 0 bridgehead atoms. The van der Waals surface area contributed by atoms with Crippen LogP contribution in [0.1, 0.15) is 52.2 Å². The fourth-order valence-electron chi connectivity index (χ4n) is 2.02. The van der Waals surface area contributed by atoms with E-state index < -0.39 is 0 Å². The summed E-state index contributed by atoms with van der Waals surface area (Å²) in [7, 11) is 0. The summed E-state index contributed by atoms with van der Waals surface area (Å²) >= 11 is 0. The topological polar surface area (TPSA) is 21.3 Å². The van der Waals surface area contributed by atoms with Gasteiger partial charge in [0, 0.05) is 12.1 Å². The van der Waals surface area contributed by atoms with Crippen LogP contribution in [0, 0.1) is 5.92 Å². The third-order valence-corrected chi connectivity index (χ3v) is 3.27. The number of hydrogen-bond donors (Lipinski definition) is 1. The first-order valence-electron chi connectivity index (χ1n) is 7.78. The summed E-state index contributed by atoms with van der Waals surface area (Å²) in [6.07, 6.45) is 2.19. The fraction of sp³-hybridized carbons (Fsp3) is 0.667. The van der Waals surface area contributed by atoms with E-state index in [0.29, 0.717) is 5.92 Å². The first kappa shape index (κ1) is 17.2. The van der Waals surface area contributed by atoms with Crippen molar-refractivity contribution in [1.29, 1.82) is 0 Å². The smallest absolute Gasteiger partial charge is 0.0719 e. The molecular formula is C18H31NO. The quantitative estimate of drug-likeness (QED) is 0.720. The molecule has 1 N–H and O–H groups in total. The highest BCUT2D eigenvalue weighted by molar-refractivity contribution is 5.26. The molecular weight excluding hydrogens is 246 g/mol.